The Hall–Kier alpha value is -3.70. The van der Waals surface area contributed by atoms with Crippen molar-refractivity contribution in [1.29, 1.82) is 0 Å². The second-order valence-corrected chi connectivity index (χ2v) is 9.09. The Labute approximate surface area is 206 Å². The molecule has 1 unspecified atom stereocenters. The van der Waals surface area contributed by atoms with E-state index in [1.165, 1.54) is 6.07 Å². The number of rotatable bonds is 4. The summed E-state index contributed by atoms with van der Waals surface area (Å²) in [5.41, 5.74) is -0.766. The van der Waals surface area contributed by atoms with Gasteiger partial charge in [-0.3, -0.25) is 9.36 Å². The van der Waals surface area contributed by atoms with Crippen molar-refractivity contribution in [1.82, 2.24) is 29.6 Å². The highest BCUT2D eigenvalue weighted by Crippen LogP contribution is 2.30. The number of hydrogen-bond acceptors (Lipinski definition) is 7. The molecule has 12 heteroatoms. The molecule has 190 valence electrons. The molecule has 2 aliphatic rings. The zero-order chi connectivity index (χ0) is 25.3. The van der Waals surface area contributed by atoms with E-state index in [9.17, 15) is 18.0 Å². The fourth-order valence-electron chi connectivity index (χ4n) is 4.78. The van der Waals surface area contributed by atoms with Gasteiger partial charge in [0.1, 0.15) is 11.6 Å². The number of carbonyl (C=O) groups excluding carboxylic acids is 1. The van der Waals surface area contributed by atoms with Gasteiger partial charge < -0.3 is 14.7 Å². The Kier molecular flexibility index (Phi) is 6.50. The molecule has 5 rings (SSSR count). The van der Waals surface area contributed by atoms with E-state index in [1.807, 2.05) is 39.6 Å². The van der Waals surface area contributed by atoms with Crippen molar-refractivity contribution in [3.8, 4) is 5.82 Å². The molecule has 0 aromatic carbocycles. The van der Waals surface area contributed by atoms with Crippen LogP contribution in [0.1, 0.15) is 24.2 Å². The van der Waals surface area contributed by atoms with Gasteiger partial charge in [-0.25, -0.2) is 9.97 Å². The SMILES string of the molecule is Cc1nccn1-c1ccc(N2CCCC(C(=O)N3CCN(c4ccc(C(F)(F)F)cn4)CC3)C2)nn1. The minimum atomic E-state index is -4.41. The number of anilines is 2. The number of nitrogens with zero attached hydrogens (tertiary/aromatic N) is 8. The van der Waals surface area contributed by atoms with E-state index in [2.05, 4.69) is 25.1 Å². The van der Waals surface area contributed by atoms with E-state index in [-0.39, 0.29) is 11.8 Å². The summed E-state index contributed by atoms with van der Waals surface area (Å²) >= 11 is 0. The van der Waals surface area contributed by atoms with E-state index in [4.69, 9.17) is 0 Å². The number of pyridine rings is 1. The third kappa shape index (κ3) is 4.98. The topological polar surface area (TPSA) is 83.3 Å². The van der Waals surface area contributed by atoms with Crippen LogP contribution in [0.4, 0.5) is 24.8 Å². The van der Waals surface area contributed by atoms with Crippen molar-refractivity contribution in [3.63, 3.8) is 0 Å². The van der Waals surface area contributed by atoms with Gasteiger partial charge in [0.05, 0.1) is 11.5 Å². The molecule has 2 aliphatic heterocycles. The van der Waals surface area contributed by atoms with Crippen molar-refractivity contribution in [3.05, 3.63) is 54.2 Å². The normalized spacial score (nSPS) is 19.0. The summed E-state index contributed by atoms with van der Waals surface area (Å²) in [6.45, 7) is 5.37. The summed E-state index contributed by atoms with van der Waals surface area (Å²) < 4.78 is 40.2. The van der Waals surface area contributed by atoms with Gasteiger partial charge >= 0.3 is 6.18 Å². The molecule has 0 spiro atoms. The van der Waals surface area contributed by atoms with Gasteiger partial charge in [0.2, 0.25) is 5.91 Å². The highest BCUT2D eigenvalue weighted by molar-refractivity contribution is 5.80. The van der Waals surface area contributed by atoms with E-state index in [0.717, 1.165) is 43.3 Å². The van der Waals surface area contributed by atoms with Crippen LogP contribution >= 0.6 is 0 Å². The third-order valence-corrected chi connectivity index (χ3v) is 6.79. The summed E-state index contributed by atoms with van der Waals surface area (Å²) in [5, 5.41) is 8.72. The lowest BCUT2D eigenvalue weighted by Crippen LogP contribution is -2.52. The average molecular weight is 501 g/mol. The third-order valence-electron chi connectivity index (χ3n) is 6.79. The minimum Gasteiger partial charge on any atom is -0.354 e. The van der Waals surface area contributed by atoms with Crippen LogP contribution in [0.3, 0.4) is 0 Å². The molecule has 0 saturated carbocycles. The van der Waals surface area contributed by atoms with Gasteiger partial charge in [-0.2, -0.15) is 13.2 Å². The van der Waals surface area contributed by atoms with Gasteiger partial charge in [-0.15, -0.1) is 10.2 Å². The molecule has 0 radical (unpaired) electrons. The van der Waals surface area contributed by atoms with Gasteiger partial charge in [0.15, 0.2) is 11.6 Å². The number of piperazine rings is 1. The van der Waals surface area contributed by atoms with Crippen LogP contribution in [-0.2, 0) is 11.0 Å². The maximum Gasteiger partial charge on any atom is 0.417 e. The molecule has 9 nitrogen and oxygen atoms in total. The number of alkyl halides is 3. The van der Waals surface area contributed by atoms with Gasteiger partial charge in [-0.1, -0.05) is 0 Å². The first-order chi connectivity index (χ1) is 17.3. The molecule has 36 heavy (non-hydrogen) atoms. The van der Waals surface area contributed by atoms with Crippen LogP contribution < -0.4 is 9.80 Å². The summed E-state index contributed by atoms with van der Waals surface area (Å²) in [5.74, 6) is 2.73. The molecule has 5 heterocycles. The molecule has 0 N–H and O–H groups in total. The van der Waals surface area contributed by atoms with Gasteiger partial charge in [0.25, 0.3) is 0 Å². The Bertz CT molecular complexity index is 1190. The van der Waals surface area contributed by atoms with Crippen molar-refractivity contribution in [2.45, 2.75) is 25.9 Å². The Morgan fingerprint density at radius 1 is 0.917 bits per heavy atom. The number of halogens is 3. The highest BCUT2D eigenvalue weighted by atomic mass is 19.4. The molecule has 2 fully saturated rings. The molecule has 3 aromatic rings. The summed E-state index contributed by atoms with van der Waals surface area (Å²) in [4.78, 5) is 27.3. The molecule has 0 bridgehead atoms. The molecule has 2 saturated heterocycles. The first kappa shape index (κ1) is 24.0. The molecule has 0 aliphatic carbocycles. The van der Waals surface area contributed by atoms with Crippen LogP contribution in [0.2, 0.25) is 0 Å². The zero-order valence-corrected chi connectivity index (χ0v) is 19.9. The standard InChI is InChI=1S/C24H27F3N8O/c1-17-28-8-10-35(17)22-7-6-21(30-31-22)34-9-2-3-18(16-34)23(36)33-13-11-32(12-14-33)20-5-4-19(15-29-20)24(25,26)27/h4-8,10,15,18H,2-3,9,11-14,16H2,1H3. The highest BCUT2D eigenvalue weighted by Gasteiger charge is 2.33. The molecule has 3 aromatic heterocycles. The summed E-state index contributed by atoms with van der Waals surface area (Å²) in [7, 11) is 0. The van der Waals surface area contributed by atoms with Crippen molar-refractivity contribution >= 4 is 17.5 Å². The Morgan fingerprint density at radius 3 is 2.25 bits per heavy atom. The monoisotopic (exact) mass is 500 g/mol. The largest absolute Gasteiger partial charge is 0.417 e. The number of hydrogen-bond donors (Lipinski definition) is 0. The van der Waals surface area contributed by atoms with Crippen molar-refractivity contribution < 1.29 is 18.0 Å². The summed E-state index contributed by atoms with van der Waals surface area (Å²) in [6.07, 6.45) is 1.70. The van der Waals surface area contributed by atoms with Crippen LogP contribution in [-0.4, -0.2) is 74.8 Å². The van der Waals surface area contributed by atoms with E-state index >= 15 is 0 Å². The molecular weight excluding hydrogens is 473 g/mol. The number of carbonyl (C=O) groups is 1. The number of aryl methyl sites for hydroxylation is 1. The van der Waals surface area contributed by atoms with Crippen LogP contribution in [0, 0.1) is 12.8 Å². The smallest absolute Gasteiger partial charge is 0.354 e. The molecule has 1 amide bonds. The average Bonchev–Trinajstić information content (AvgIpc) is 3.34. The van der Waals surface area contributed by atoms with Crippen LogP contribution in [0.25, 0.3) is 5.82 Å². The van der Waals surface area contributed by atoms with Crippen LogP contribution in [0.15, 0.2) is 42.9 Å². The quantitative estimate of drug-likeness (QED) is 0.545. The fourth-order valence-corrected chi connectivity index (χ4v) is 4.78. The van der Waals surface area contributed by atoms with Crippen LogP contribution in [0.5, 0.6) is 0 Å². The maximum atomic E-state index is 13.3. The second kappa shape index (κ2) is 9.75. The number of amides is 1. The molecule has 1 atom stereocenters. The zero-order valence-electron chi connectivity index (χ0n) is 19.9. The fraction of sp³-hybridized carbons (Fsp3) is 0.458. The lowest BCUT2D eigenvalue weighted by atomic mass is 9.96. The van der Waals surface area contributed by atoms with E-state index in [1.54, 1.807) is 6.20 Å². The maximum absolute atomic E-state index is 13.3. The first-order valence-corrected chi connectivity index (χ1v) is 12.0. The van der Waals surface area contributed by atoms with Crippen molar-refractivity contribution in [2.75, 3.05) is 49.1 Å². The lowest BCUT2D eigenvalue weighted by Gasteiger charge is -2.39. The minimum absolute atomic E-state index is 0.110. The van der Waals surface area contributed by atoms with E-state index in [0.29, 0.717) is 44.4 Å². The second-order valence-electron chi connectivity index (χ2n) is 9.09. The van der Waals surface area contributed by atoms with E-state index < -0.39 is 11.7 Å². The van der Waals surface area contributed by atoms with Gasteiger partial charge in [-0.05, 0) is 44.0 Å². The predicted octanol–water partition coefficient (Wildman–Crippen LogP) is 2.95. The number of piperidine rings is 1. The Morgan fingerprint density at radius 2 is 1.64 bits per heavy atom. The molecular formula is C24H27F3N8O. The summed E-state index contributed by atoms with van der Waals surface area (Å²) in [6, 6.07) is 6.25. The lowest BCUT2D eigenvalue weighted by molar-refractivity contribution is -0.138. The number of imidazole rings is 1. The predicted molar refractivity (Wildman–Crippen MR) is 127 cm³/mol. The Balaban J connectivity index is 1.17. The first-order valence-electron chi connectivity index (χ1n) is 12.0. The van der Waals surface area contributed by atoms with Crippen molar-refractivity contribution in [2.24, 2.45) is 5.92 Å². The number of aromatic nitrogens is 5. The van der Waals surface area contributed by atoms with Gasteiger partial charge in [0, 0.05) is 57.9 Å².